The summed E-state index contributed by atoms with van der Waals surface area (Å²) in [6, 6.07) is 0. The lowest BCUT2D eigenvalue weighted by molar-refractivity contribution is 0.161. The Hall–Kier alpha value is -0.495. The molecule has 0 fully saturated rings. The second-order valence-electron chi connectivity index (χ2n) is 1.93. The van der Waals surface area contributed by atoms with E-state index >= 15 is 0 Å². The zero-order valence-corrected chi connectivity index (χ0v) is 5.88. The Morgan fingerprint density at radius 1 is 1.70 bits per heavy atom. The maximum atomic E-state index is 9.13. The average molecular weight is 138 g/mol. The van der Waals surface area contributed by atoms with E-state index in [0.717, 1.165) is 0 Å². The highest BCUT2D eigenvalue weighted by Gasteiger charge is 2.05. The first-order valence-electron chi connectivity index (χ1n) is 3.14. The molecule has 0 heterocycles. The van der Waals surface area contributed by atoms with Gasteiger partial charge >= 0.3 is 0 Å². The van der Waals surface area contributed by atoms with E-state index in [2.05, 4.69) is 12.3 Å². The lowest BCUT2D eigenvalue weighted by Gasteiger charge is -2.08. The van der Waals surface area contributed by atoms with Crippen molar-refractivity contribution in [2.75, 3.05) is 6.61 Å². The number of hydrogen-bond acceptors (Lipinski definition) is 2. The average Bonchev–Trinajstić information content (AvgIpc) is 1.91. The molecule has 2 nitrogen and oxygen atoms in total. The van der Waals surface area contributed by atoms with Crippen LogP contribution >= 0.6 is 0 Å². The molecule has 0 aliphatic heterocycles. The summed E-state index contributed by atoms with van der Waals surface area (Å²) in [7, 11) is 5.23. The summed E-state index contributed by atoms with van der Waals surface area (Å²) in [6.45, 7) is 3.30. The molecule has 0 spiro atoms. The zero-order chi connectivity index (χ0) is 7.98. The predicted molar refractivity (Wildman–Crippen MR) is 40.9 cm³/mol. The van der Waals surface area contributed by atoms with Gasteiger partial charge in [-0.1, -0.05) is 12.9 Å². The molecule has 0 bridgehead atoms. The van der Waals surface area contributed by atoms with E-state index in [1.54, 1.807) is 0 Å². The van der Waals surface area contributed by atoms with E-state index < -0.39 is 6.10 Å². The quantitative estimate of drug-likeness (QED) is 0.425. The Labute approximate surface area is 62.3 Å². The lowest BCUT2D eigenvalue weighted by atomic mass is 9.92. The molecule has 0 aliphatic carbocycles. The van der Waals surface area contributed by atoms with Gasteiger partial charge in [-0.05, 0) is 5.57 Å². The summed E-state index contributed by atoms with van der Waals surface area (Å²) in [4.78, 5) is 0. The second-order valence-corrected chi connectivity index (χ2v) is 1.93. The molecule has 1 atom stereocenters. The highest BCUT2D eigenvalue weighted by molar-refractivity contribution is 6.10. The van der Waals surface area contributed by atoms with Crippen molar-refractivity contribution in [3.63, 3.8) is 0 Å². The van der Waals surface area contributed by atoms with Gasteiger partial charge in [0.1, 0.15) is 0 Å². The summed E-state index contributed by atoms with van der Waals surface area (Å²) < 4.78 is 0. The SMILES string of the molecule is [B]CC(=C=C)[C@@H](O)CCO. The highest BCUT2D eigenvalue weighted by atomic mass is 16.3. The van der Waals surface area contributed by atoms with Crippen molar-refractivity contribution in [3.8, 4) is 0 Å². The molecule has 54 valence electrons. The van der Waals surface area contributed by atoms with Crippen LogP contribution in [0.25, 0.3) is 0 Å². The molecule has 0 aliphatic rings. The Balaban J connectivity index is 3.90. The van der Waals surface area contributed by atoms with E-state index in [4.69, 9.17) is 18.1 Å². The number of hydrogen-bond donors (Lipinski definition) is 2. The Morgan fingerprint density at radius 3 is 2.60 bits per heavy atom. The summed E-state index contributed by atoms with van der Waals surface area (Å²) >= 11 is 0. The largest absolute Gasteiger partial charge is 0.396 e. The first-order valence-corrected chi connectivity index (χ1v) is 3.14. The van der Waals surface area contributed by atoms with E-state index in [9.17, 15) is 0 Å². The topological polar surface area (TPSA) is 40.5 Å². The Bertz CT molecular complexity index is 139. The molecule has 2 radical (unpaired) electrons. The Morgan fingerprint density at radius 2 is 2.30 bits per heavy atom. The molecular weight excluding hydrogens is 127 g/mol. The van der Waals surface area contributed by atoms with Gasteiger partial charge in [0.2, 0.25) is 0 Å². The molecule has 3 heteroatoms. The normalized spacial score (nSPS) is 12.2. The molecule has 0 amide bonds. The minimum Gasteiger partial charge on any atom is -0.396 e. The third-order valence-corrected chi connectivity index (χ3v) is 1.25. The van der Waals surface area contributed by atoms with Gasteiger partial charge in [-0.25, -0.2) is 0 Å². The number of rotatable bonds is 4. The van der Waals surface area contributed by atoms with Crippen molar-refractivity contribution >= 4 is 7.85 Å². The van der Waals surface area contributed by atoms with Crippen molar-refractivity contribution in [1.82, 2.24) is 0 Å². The molecule has 0 saturated carbocycles. The summed E-state index contributed by atoms with van der Waals surface area (Å²) in [5, 5.41) is 17.5. The van der Waals surface area contributed by atoms with E-state index in [1.807, 2.05) is 0 Å². The highest BCUT2D eigenvalue weighted by Crippen LogP contribution is 2.06. The van der Waals surface area contributed by atoms with Crippen molar-refractivity contribution in [2.24, 2.45) is 0 Å². The van der Waals surface area contributed by atoms with Crippen LogP contribution in [-0.2, 0) is 0 Å². The van der Waals surface area contributed by atoms with Gasteiger partial charge in [0.25, 0.3) is 0 Å². The fraction of sp³-hybridized carbons (Fsp3) is 0.571. The monoisotopic (exact) mass is 138 g/mol. The second kappa shape index (κ2) is 5.30. The van der Waals surface area contributed by atoms with Crippen molar-refractivity contribution in [1.29, 1.82) is 0 Å². The maximum absolute atomic E-state index is 9.13. The summed E-state index contributed by atoms with van der Waals surface area (Å²) in [5.74, 6) is 0. The minimum atomic E-state index is -0.688. The molecule has 2 N–H and O–H groups in total. The molecule has 0 aromatic heterocycles. The van der Waals surface area contributed by atoms with Crippen molar-refractivity contribution < 1.29 is 10.2 Å². The van der Waals surface area contributed by atoms with Gasteiger partial charge in [0.05, 0.1) is 14.0 Å². The summed E-state index contributed by atoms with van der Waals surface area (Å²) in [5.41, 5.74) is 3.07. The third-order valence-electron chi connectivity index (χ3n) is 1.25. The standard InChI is InChI=1S/C7H11BO2/c1-2-6(5-8)7(10)3-4-9/h7,9-10H,1,3-5H2/t7-/m0/s1. The van der Waals surface area contributed by atoms with Crippen LogP contribution < -0.4 is 0 Å². The molecular formula is C7H11BO2. The van der Waals surface area contributed by atoms with E-state index in [1.165, 1.54) is 0 Å². The first kappa shape index (κ1) is 9.50. The molecule has 0 aromatic rings. The predicted octanol–water partition coefficient (Wildman–Crippen LogP) is 0.0278. The van der Waals surface area contributed by atoms with Crippen LogP contribution in [0, 0.1) is 0 Å². The van der Waals surface area contributed by atoms with Crippen molar-refractivity contribution in [3.05, 3.63) is 17.9 Å². The summed E-state index contributed by atoms with van der Waals surface area (Å²) in [6.07, 6.45) is -0.146. The van der Waals surface area contributed by atoms with Crippen LogP contribution in [0.15, 0.2) is 17.9 Å². The van der Waals surface area contributed by atoms with Crippen LogP contribution in [0.3, 0.4) is 0 Å². The lowest BCUT2D eigenvalue weighted by Crippen LogP contribution is -2.11. The van der Waals surface area contributed by atoms with Crippen LogP contribution in [0.4, 0.5) is 0 Å². The van der Waals surface area contributed by atoms with Crippen LogP contribution in [0.1, 0.15) is 6.42 Å². The third kappa shape index (κ3) is 2.88. The molecule has 0 rings (SSSR count). The fourth-order valence-corrected chi connectivity index (χ4v) is 0.623. The van der Waals surface area contributed by atoms with Crippen LogP contribution in [0.2, 0.25) is 6.32 Å². The smallest absolute Gasteiger partial charge is 0.0838 e. The molecule has 10 heavy (non-hydrogen) atoms. The van der Waals surface area contributed by atoms with Gasteiger partial charge in [-0.2, -0.15) is 0 Å². The van der Waals surface area contributed by atoms with E-state index in [-0.39, 0.29) is 12.9 Å². The van der Waals surface area contributed by atoms with Crippen molar-refractivity contribution in [2.45, 2.75) is 18.8 Å². The van der Waals surface area contributed by atoms with Gasteiger partial charge < -0.3 is 10.2 Å². The van der Waals surface area contributed by atoms with Gasteiger partial charge in [-0.3, -0.25) is 0 Å². The minimum absolute atomic E-state index is 0.0493. The van der Waals surface area contributed by atoms with Crippen LogP contribution in [0.5, 0.6) is 0 Å². The van der Waals surface area contributed by atoms with Gasteiger partial charge in [-0.15, -0.1) is 5.73 Å². The maximum Gasteiger partial charge on any atom is 0.0838 e. The zero-order valence-electron chi connectivity index (χ0n) is 5.88. The molecule has 0 aromatic carbocycles. The van der Waals surface area contributed by atoms with E-state index in [0.29, 0.717) is 12.0 Å². The molecule has 0 unspecified atom stereocenters. The first-order chi connectivity index (χ1) is 4.76. The Kier molecular flexibility index (Phi) is 5.04. The van der Waals surface area contributed by atoms with Gasteiger partial charge in [0, 0.05) is 13.0 Å². The van der Waals surface area contributed by atoms with Crippen LogP contribution in [-0.4, -0.2) is 30.8 Å². The number of aliphatic hydroxyl groups is 2. The number of aliphatic hydroxyl groups excluding tert-OH is 2. The molecule has 0 saturated heterocycles. The van der Waals surface area contributed by atoms with Gasteiger partial charge in [0.15, 0.2) is 0 Å². The fourth-order valence-electron chi connectivity index (χ4n) is 0.623.